The van der Waals surface area contributed by atoms with Crippen LogP contribution in [0.5, 0.6) is 0 Å². The minimum Gasteiger partial charge on any atom is -0.346 e. The number of halogens is 1. The number of fused-ring (bicyclic) bond motifs is 1. The lowest BCUT2D eigenvalue weighted by Crippen LogP contribution is -2.33. The Bertz CT molecular complexity index is 868. The van der Waals surface area contributed by atoms with Gasteiger partial charge in [0.05, 0.1) is 16.9 Å². The molecule has 1 aromatic carbocycles. The van der Waals surface area contributed by atoms with Gasteiger partial charge in [0, 0.05) is 18.5 Å². The third-order valence-corrected chi connectivity index (χ3v) is 4.57. The normalized spacial score (nSPS) is 14.3. The maximum absolute atomic E-state index is 12.6. The first-order chi connectivity index (χ1) is 12.0. The smallest absolute Gasteiger partial charge is 0.261 e. The fourth-order valence-electron chi connectivity index (χ4n) is 3.45. The van der Waals surface area contributed by atoms with E-state index in [9.17, 15) is 9.59 Å². The van der Waals surface area contributed by atoms with Crippen LogP contribution in [-0.4, -0.2) is 15.5 Å². The molecule has 0 aliphatic carbocycles. The molecule has 1 amide bonds. The van der Waals surface area contributed by atoms with E-state index in [0.29, 0.717) is 28.2 Å². The predicted octanol–water partition coefficient (Wildman–Crippen LogP) is 4.23. The maximum atomic E-state index is 12.6. The van der Waals surface area contributed by atoms with E-state index >= 15 is 0 Å². The zero-order valence-electron chi connectivity index (χ0n) is 16.4. The molecular weight excluding hydrogens is 350 g/mol. The minimum atomic E-state index is -0.370. The van der Waals surface area contributed by atoms with Crippen LogP contribution in [0, 0.1) is 11.3 Å². The fourth-order valence-corrected chi connectivity index (χ4v) is 3.61. The molecule has 2 rings (SSSR count). The van der Waals surface area contributed by atoms with Gasteiger partial charge < -0.3 is 5.32 Å². The highest BCUT2D eigenvalue weighted by molar-refractivity contribution is 6.31. The lowest BCUT2D eigenvalue weighted by molar-refractivity contribution is -0.122. The summed E-state index contributed by atoms with van der Waals surface area (Å²) in [7, 11) is 1.67. The summed E-state index contributed by atoms with van der Waals surface area (Å²) in [6.45, 7) is 10.4. The SMILES string of the molecule is C[C@H](CC(=O)N[C@H](C)c1nc2cc(Cl)ccc2c(=O)n1C)CC(C)(C)C. The Morgan fingerprint density at radius 3 is 2.58 bits per heavy atom. The van der Waals surface area contributed by atoms with Crippen molar-refractivity contribution in [2.75, 3.05) is 0 Å². The highest BCUT2D eigenvalue weighted by atomic mass is 35.5. The van der Waals surface area contributed by atoms with Gasteiger partial charge in [-0.05, 0) is 42.9 Å². The summed E-state index contributed by atoms with van der Waals surface area (Å²) in [5.74, 6) is 0.769. The van der Waals surface area contributed by atoms with Gasteiger partial charge in [-0.1, -0.05) is 39.3 Å². The number of benzene rings is 1. The van der Waals surface area contributed by atoms with Gasteiger partial charge in [0.1, 0.15) is 5.82 Å². The van der Waals surface area contributed by atoms with Crippen molar-refractivity contribution >= 4 is 28.4 Å². The second-order valence-electron chi connectivity index (χ2n) is 8.36. The molecule has 0 spiro atoms. The van der Waals surface area contributed by atoms with Crippen LogP contribution in [0.4, 0.5) is 0 Å². The summed E-state index contributed by atoms with van der Waals surface area (Å²) in [6.07, 6.45) is 1.43. The van der Waals surface area contributed by atoms with Gasteiger partial charge in [0.2, 0.25) is 5.91 Å². The van der Waals surface area contributed by atoms with Crippen molar-refractivity contribution in [2.24, 2.45) is 18.4 Å². The monoisotopic (exact) mass is 377 g/mol. The Kier molecular flexibility index (Phi) is 6.12. The second kappa shape index (κ2) is 7.78. The van der Waals surface area contributed by atoms with Crippen molar-refractivity contribution < 1.29 is 4.79 Å². The molecule has 1 N–H and O–H groups in total. The summed E-state index contributed by atoms with van der Waals surface area (Å²) in [5.41, 5.74) is 0.579. The number of amides is 1. The molecule has 0 radical (unpaired) electrons. The molecule has 6 heteroatoms. The summed E-state index contributed by atoms with van der Waals surface area (Å²) in [6, 6.07) is 4.65. The number of carbonyl (C=O) groups excluding carboxylic acids is 1. The molecule has 0 saturated heterocycles. The van der Waals surface area contributed by atoms with Crippen molar-refractivity contribution in [3.8, 4) is 0 Å². The quantitative estimate of drug-likeness (QED) is 0.848. The van der Waals surface area contributed by atoms with Crippen LogP contribution in [-0.2, 0) is 11.8 Å². The van der Waals surface area contributed by atoms with E-state index in [1.165, 1.54) is 4.57 Å². The molecule has 0 saturated carbocycles. The van der Waals surface area contributed by atoms with Crippen molar-refractivity contribution in [1.82, 2.24) is 14.9 Å². The van der Waals surface area contributed by atoms with Crippen LogP contribution in [0.3, 0.4) is 0 Å². The van der Waals surface area contributed by atoms with Crippen molar-refractivity contribution in [3.05, 3.63) is 39.4 Å². The second-order valence-corrected chi connectivity index (χ2v) is 8.80. The topological polar surface area (TPSA) is 64.0 Å². The van der Waals surface area contributed by atoms with Crippen LogP contribution < -0.4 is 10.9 Å². The molecular formula is C20H28ClN3O2. The van der Waals surface area contributed by atoms with Crippen LogP contribution in [0.15, 0.2) is 23.0 Å². The molecule has 2 aromatic rings. The Balaban J connectivity index is 2.19. The molecule has 0 bridgehead atoms. The first kappa shape index (κ1) is 20.4. The standard InChI is InChI=1S/C20H28ClN3O2/c1-12(11-20(3,4)5)9-17(25)22-13(2)18-23-16-10-14(21)7-8-15(16)19(26)24(18)6/h7-8,10,12-13H,9,11H2,1-6H3,(H,22,25)/t12-,13-/m1/s1. The number of nitrogens with one attached hydrogen (secondary N) is 1. The highest BCUT2D eigenvalue weighted by Crippen LogP contribution is 2.26. The van der Waals surface area contributed by atoms with E-state index in [1.807, 2.05) is 6.92 Å². The van der Waals surface area contributed by atoms with Gasteiger partial charge in [0.15, 0.2) is 0 Å². The zero-order chi connectivity index (χ0) is 19.6. The van der Waals surface area contributed by atoms with Crippen molar-refractivity contribution in [3.63, 3.8) is 0 Å². The van der Waals surface area contributed by atoms with E-state index in [4.69, 9.17) is 11.6 Å². The van der Waals surface area contributed by atoms with E-state index in [0.717, 1.165) is 6.42 Å². The molecule has 1 heterocycles. The van der Waals surface area contributed by atoms with E-state index in [2.05, 4.69) is 38.0 Å². The van der Waals surface area contributed by atoms with Crippen LogP contribution in [0.1, 0.15) is 59.3 Å². The van der Waals surface area contributed by atoms with Crippen molar-refractivity contribution in [2.45, 2.75) is 53.5 Å². The van der Waals surface area contributed by atoms with Gasteiger partial charge in [-0.2, -0.15) is 0 Å². The molecule has 1 aromatic heterocycles. The number of rotatable bonds is 5. The Labute approximate surface area is 159 Å². The molecule has 0 aliphatic heterocycles. The molecule has 26 heavy (non-hydrogen) atoms. The fraction of sp³-hybridized carbons (Fsp3) is 0.550. The third-order valence-electron chi connectivity index (χ3n) is 4.33. The molecule has 0 fully saturated rings. The van der Waals surface area contributed by atoms with Gasteiger partial charge in [0.25, 0.3) is 5.56 Å². The molecule has 142 valence electrons. The Morgan fingerprint density at radius 1 is 1.31 bits per heavy atom. The van der Waals surface area contributed by atoms with Crippen LogP contribution >= 0.6 is 11.6 Å². The predicted molar refractivity (Wildman–Crippen MR) is 106 cm³/mol. The van der Waals surface area contributed by atoms with E-state index in [1.54, 1.807) is 25.2 Å². The first-order valence-electron chi connectivity index (χ1n) is 8.93. The van der Waals surface area contributed by atoms with Gasteiger partial charge in [-0.15, -0.1) is 0 Å². The van der Waals surface area contributed by atoms with Gasteiger partial charge in [-0.25, -0.2) is 4.98 Å². The van der Waals surface area contributed by atoms with Crippen LogP contribution in [0.25, 0.3) is 10.9 Å². The molecule has 5 nitrogen and oxygen atoms in total. The number of nitrogens with zero attached hydrogens (tertiary/aromatic N) is 2. The average Bonchev–Trinajstić information content (AvgIpc) is 2.48. The average molecular weight is 378 g/mol. The minimum absolute atomic E-state index is 0.0327. The van der Waals surface area contributed by atoms with E-state index in [-0.39, 0.29) is 28.8 Å². The van der Waals surface area contributed by atoms with Crippen LogP contribution in [0.2, 0.25) is 5.02 Å². The summed E-state index contributed by atoms with van der Waals surface area (Å²) < 4.78 is 1.49. The lowest BCUT2D eigenvalue weighted by Gasteiger charge is -2.23. The Morgan fingerprint density at radius 2 is 1.96 bits per heavy atom. The van der Waals surface area contributed by atoms with Crippen molar-refractivity contribution in [1.29, 1.82) is 0 Å². The summed E-state index contributed by atoms with van der Waals surface area (Å²) in [4.78, 5) is 29.5. The summed E-state index contributed by atoms with van der Waals surface area (Å²) >= 11 is 6.02. The number of carbonyl (C=O) groups is 1. The largest absolute Gasteiger partial charge is 0.346 e. The third kappa shape index (κ3) is 5.07. The molecule has 0 unspecified atom stereocenters. The van der Waals surface area contributed by atoms with Gasteiger partial charge >= 0.3 is 0 Å². The highest BCUT2D eigenvalue weighted by Gasteiger charge is 2.20. The lowest BCUT2D eigenvalue weighted by atomic mass is 9.84. The maximum Gasteiger partial charge on any atom is 0.261 e. The number of hydrogen-bond donors (Lipinski definition) is 1. The van der Waals surface area contributed by atoms with Gasteiger partial charge in [-0.3, -0.25) is 14.2 Å². The molecule has 2 atom stereocenters. The molecule has 0 aliphatic rings. The summed E-state index contributed by atoms with van der Waals surface area (Å²) in [5, 5.41) is 4.00. The first-order valence-corrected chi connectivity index (χ1v) is 9.31. The number of aromatic nitrogens is 2. The van der Waals surface area contributed by atoms with E-state index < -0.39 is 0 Å². The number of hydrogen-bond acceptors (Lipinski definition) is 3. The zero-order valence-corrected chi connectivity index (χ0v) is 17.1. The Hall–Kier alpha value is -1.88.